The quantitative estimate of drug-likeness (QED) is 0.325. The normalized spacial score (nSPS) is 17.1. The average Bonchev–Trinajstić information content (AvgIpc) is 3.15. The molecular formula is C20H13N3O7S. The maximum absolute atomic E-state index is 12.6. The molecule has 0 saturated carbocycles. The fourth-order valence-electron chi connectivity index (χ4n) is 3.25. The number of nitro benzene ring substituents is 1. The Balaban J connectivity index is 1.51. The van der Waals surface area contributed by atoms with Gasteiger partial charge in [-0.25, -0.2) is 0 Å². The number of rotatable bonds is 5. The Labute approximate surface area is 178 Å². The Hall–Kier alpha value is -3.99. The van der Waals surface area contributed by atoms with Gasteiger partial charge >= 0.3 is 0 Å². The summed E-state index contributed by atoms with van der Waals surface area (Å²) in [5, 5.41) is 20.2. The first-order valence-electron chi connectivity index (χ1n) is 8.96. The Morgan fingerprint density at radius 3 is 2.16 bits per heavy atom. The van der Waals surface area contributed by atoms with E-state index in [1.165, 1.54) is 18.2 Å². The number of nitro groups is 1. The van der Waals surface area contributed by atoms with Crippen LogP contribution in [0.25, 0.3) is 6.08 Å². The molecule has 2 heterocycles. The number of phenols is 1. The molecule has 0 spiro atoms. The van der Waals surface area contributed by atoms with Crippen molar-refractivity contribution in [3.63, 3.8) is 0 Å². The monoisotopic (exact) mass is 439 g/mol. The molecule has 0 aliphatic carbocycles. The highest BCUT2D eigenvalue weighted by Crippen LogP contribution is 2.35. The molecule has 2 aliphatic heterocycles. The van der Waals surface area contributed by atoms with Crippen molar-refractivity contribution in [3.05, 3.63) is 74.2 Å². The lowest BCUT2D eigenvalue weighted by molar-refractivity contribution is -0.384. The van der Waals surface area contributed by atoms with Crippen LogP contribution in [-0.2, 0) is 4.79 Å². The number of phenolic OH excluding ortho intramolecular Hbond substituents is 1. The molecule has 4 rings (SSSR count). The third-order valence-electron chi connectivity index (χ3n) is 4.81. The summed E-state index contributed by atoms with van der Waals surface area (Å²) in [6, 6.07) is 9.66. The average molecular weight is 439 g/mol. The number of non-ortho nitro benzene ring substituents is 1. The first-order valence-corrected chi connectivity index (χ1v) is 9.77. The topological polar surface area (TPSA) is 138 Å². The van der Waals surface area contributed by atoms with Crippen LogP contribution in [0.3, 0.4) is 0 Å². The number of amides is 4. The van der Waals surface area contributed by atoms with Crippen molar-refractivity contribution in [2.45, 2.75) is 0 Å². The second-order valence-corrected chi connectivity index (χ2v) is 7.63. The van der Waals surface area contributed by atoms with Gasteiger partial charge in [0.2, 0.25) is 0 Å². The lowest BCUT2D eigenvalue weighted by atomic mass is 10.1. The largest absolute Gasteiger partial charge is 0.507 e. The number of fused-ring (bicyclic) bond motifs is 1. The first-order chi connectivity index (χ1) is 14.8. The van der Waals surface area contributed by atoms with E-state index in [2.05, 4.69) is 0 Å². The van der Waals surface area contributed by atoms with E-state index < -0.39 is 27.9 Å². The predicted octanol–water partition coefficient (Wildman–Crippen LogP) is 2.63. The second kappa shape index (κ2) is 7.69. The van der Waals surface area contributed by atoms with E-state index in [4.69, 9.17) is 0 Å². The smallest absolute Gasteiger partial charge is 0.293 e. The van der Waals surface area contributed by atoms with E-state index in [0.717, 1.165) is 28.0 Å². The van der Waals surface area contributed by atoms with Crippen molar-refractivity contribution in [1.82, 2.24) is 9.80 Å². The standard InChI is InChI=1S/C20H13N3O7S/c24-15-6-5-12(23(29)30)9-11(15)10-16-19(27)22(20(28)31-16)8-7-21-17(25)13-3-1-2-4-14(13)18(21)26/h1-6,9-10,24H,7-8H2/b16-10-. The molecule has 11 heteroatoms. The van der Waals surface area contributed by atoms with Crippen LogP contribution < -0.4 is 0 Å². The molecule has 0 atom stereocenters. The minimum Gasteiger partial charge on any atom is -0.507 e. The Bertz CT molecular complexity index is 1170. The van der Waals surface area contributed by atoms with Gasteiger partial charge in [-0.05, 0) is 36.0 Å². The van der Waals surface area contributed by atoms with Crippen molar-refractivity contribution in [1.29, 1.82) is 0 Å². The van der Waals surface area contributed by atoms with Crippen molar-refractivity contribution in [3.8, 4) is 5.75 Å². The molecule has 10 nitrogen and oxygen atoms in total. The Morgan fingerprint density at radius 1 is 0.935 bits per heavy atom. The number of thioether (sulfide) groups is 1. The molecule has 0 aromatic heterocycles. The van der Waals surface area contributed by atoms with Gasteiger partial charge in [-0.3, -0.25) is 39.1 Å². The molecule has 31 heavy (non-hydrogen) atoms. The van der Waals surface area contributed by atoms with Gasteiger partial charge in [0, 0.05) is 30.8 Å². The van der Waals surface area contributed by atoms with Crippen LogP contribution in [0.4, 0.5) is 10.5 Å². The molecule has 0 radical (unpaired) electrons. The number of aromatic hydroxyl groups is 1. The van der Waals surface area contributed by atoms with Crippen LogP contribution in [-0.4, -0.2) is 55.9 Å². The number of nitrogens with zero attached hydrogens (tertiary/aromatic N) is 3. The number of carbonyl (C=O) groups is 4. The van der Waals surface area contributed by atoms with Gasteiger partial charge in [-0.2, -0.15) is 0 Å². The van der Waals surface area contributed by atoms with Gasteiger partial charge in [0.25, 0.3) is 28.6 Å². The number of carbonyl (C=O) groups excluding carboxylic acids is 4. The van der Waals surface area contributed by atoms with Gasteiger partial charge in [-0.15, -0.1) is 0 Å². The summed E-state index contributed by atoms with van der Waals surface area (Å²) in [6.07, 6.45) is 1.19. The molecule has 1 fully saturated rings. The van der Waals surface area contributed by atoms with E-state index in [9.17, 15) is 34.4 Å². The van der Waals surface area contributed by atoms with Crippen LogP contribution in [0, 0.1) is 10.1 Å². The first kappa shape index (κ1) is 20.3. The molecule has 0 unspecified atom stereocenters. The summed E-state index contributed by atoms with van der Waals surface area (Å²) in [5.41, 5.74) is 0.263. The molecule has 2 aliphatic rings. The lowest BCUT2D eigenvalue weighted by Gasteiger charge is -2.18. The zero-order valence-corrected chi connectivity index (χ0v) is 16.5. The zero-order valence-electron chi connectivity index (χ0n) is 15.7. The van der Waals surface area contributed by atoms with Crippen molar-refractivity contribution in [2.24, 2.45) is 0 Å². The predicted molar refractivity (Wildman–Crippen MR) is 109 cm³/mol. The van der Waals surface area contributed by atoms with E-state index in [-0.39, 0.29) is 46.1 Å². The van der Waals surface area contributed by atoms with Crippen molar-refractivity contribution in [2.75, 3.05) is 13.1 Å². The molecule has 2 aromatic carbocycles. The molecule has 0 bridgehead atoms. The highest BCUT2D eigenvalue weighted by atomic mass is 32.2. The Kier molecular flexibility index (Phi) is 5.03. The number of hydrogen-bond acceptors (Lipinski definition) is 8. The third kappa shape index (κ3) is 3.55. The minimum absolute atomic E-state index is 0.0139. The van der Waals surface area contributed by atoms with Gasteiger partial charge < -0.3 is 5.11 Å². The van der Waals surface area contributed by atoms with Crippen LogP contribution in [0.1, 0.15) is 26.3 Å². The summed E-state index contributed by atoms with van der Waals surface area (Å²) in [7, 11) is 0. The third-order valence-corrected chi connectivity index (χ3v) is 5.71. The summed E-state index contributed by atoms with van der Waals surface area (Å²) in [4.78, 5) is 61.9. The molecule has 1 N–H and O–H groups in total. The van der Waals surface area contributed by atoms with Gasteiger partial charge in [0.05, 0.1) is 21.0 Å². The molecule has 1 saturated heterocycles. The fraction of sp³-hybridized carbons (Fsp3) is 0.100. The highest BCUT2D eigenvalue weighted by molar-refractivity contribution is 8.18. The number of hydrogen-bond donors (Lipinski definition) is 1. The maximum Gasteiger partial charge on any atom is 0.293 e. The summed E-state index contributed by atoms with van der Waals surface area (Å²) >= 11 is 0.600. The Morgan fingerprint density at radius 2 is 1.55 bits per heavy atom. The number of imide groups is 2. The lowest BCUT2D eigenvalue weighted by Crippen LogP contribution is -2.40. The minimum atomic E-state index is -0.683. The van der Waals surface area contributed by atoms with Crippen LogP contribution in [0.2, 0.25) is 0 Å². The second-order valence-electron chi connectivity index (χ2n) is 6.64. The molecule has 2 aromatic rings. The van der Waals surface area contributed by atoms with Crippen LogP contribution in [0.5, 0.6) is 5.75 Å². The summed E-state index contributed by atoms with van der Waals surface area (Å²) in [6.45, 7) is -0.367. The molecular weight excluding hydrogens is 426 g/mol. The summed E-state index contributed by atoms with van der Waals surface area (Å²) in [5.74, 6) is -1.96. The van der Waals surface area contributed by atoms with Gasteiger partial charge in [-0.1, -0.05) is 12.1 Å². The highest BCUT2D eigenvalue weighted by Gasteiger charge is 2.39. The fourth-order valence-corrected chi connectivity index (χ4v) is 4.10. The van der Waals surface area contributed by atoms with Crippen molar-refractivity contribution < 1.29 is 29.2 Å². The van der Waals surface area contributed by atoms with E-state index in [1.807, 2.05) is 0 Å². The van der Waals surface area contributed by atoms with E-state index in [1.54, 1.807) is 12.1 Å². The molecule has 4 amide bonds. The van der Waals surface area contributed by atoms with Crippen LogP contribution in [0.15, 0.2) is 47.4 Å². The number of benzene rings is 2. The van der Waals surface area contributed by atoms with E-state index >= 15 is 0 Å². The maximum atomic E-state index is 12.6. The zero-order chi connectivity index (χ0) is 22.3. The molecule has 156 valence electrons. The summed E-state index contributed by atoms with van der Waals surface area (Å²) < 4.78 is 0. The van der Waals surface area contributed by atoms with Crippen molar-refractivity contribution >= 4 is 46.5 Å². The van der Waals surface area contributed by atoms with Gasteiger partial charge in [0.15, 0.2) is 0 Å². The van der Waals surface area contributed by atoms with E-state index in [0.29, 0.717) is 11.8 Å². The van der Waals surface area contributed by atoms with Gasteiger partial charge in [0.1, 0.15) is 5.75 Å². The SMILES string of the molecule is O=C1S/C(=C\c2cc([N+](=O)[O-])ccc2O)C(=O)N1CCN1C(=O)c2ccccc2C1=O. The van der Waals surface area contributed by atoms with Crippen LogP contribution >= 0.6 is 11.8 Å².